The molecular weight excluding hydrogens is 364 g/mol. The third-order valence-corrected chi connectivity index (χ3v) is 4.18. The fourth-order valence-electron chi connectivity index (χ4n) is 2.54. The van der Waals surface area contributed by atoms with Crippen molar-refractivity contribution in [2.45, 2.75) is 6.42 Å². The van der Waals surface area contributed by atoms with Crippen molar-refractivity contribution in [3.05, 3.63) is 65.6 Å². The second kappa shape index (κ2) is 9.09. The molecule has 7 heteroatoms. The standard InChI is InChI=1S/C20H21ClN4O2/c1-26-17-7-3-15(4-8-17)22-12-11-14-13-23-20(21)25-19(14)24-16-5-9-18(27-2)10-6-16/h3-10,13,22H,11-12H2,1-2H3,(H,23,24,25). The van der Waals surface area contributed by atoms with Crippen LogP contribution >= 0.6 is 11.6 Å². The van der Waals surface area contributed by atoms with E-state index in [1.54, 1.807) is 20.4 Å². The van der Waals surface area contributed by atoms with Crippen molar-refractivity contribution in [2.24, 2.45) is 0 Å². The summed E-state index contributed by atoms with van der Waals surface area (Å²) >= 11 is 5.98. The third-order valence-electron chi connectivity index (χ3n) is 4.00. The maximum absolute atomic E-state index is 5.98. The van der Waals surface area contributed by atoms with Gasteiger partial charge in [-0.1, -0.05) is 0 Å². The van der Waals surface area contributed by atoms with Crippen LogP contribution in [0.1, 0.15) is 5.56 Å². The Bertz CT molecular complexity index is 870. The molecule has 0 saturated carbocycles. The highest BCUT2D eigenvalue weighted by molar-refractivity contribution is 6.28. The second-order valence-electron chi connectivity index (χ2n) is 5.77. The first-order valence-corrected chi connectivity index (χ1v) is 8.86. The molecule has 27 heavy (non-hydrogen) atoms. The van der Waals surface area contributed by atoms with Gasteiger partial charge < -0.3 is 20.1 Å². The summed E-state index contributed by atoms with van der Waals surface area (Å²) in [5, 5.41) is 6.88. The quantitative estimate of drug-likeness (QED) is 0.555. The van der Waals surface area contributed by atoms with Gasteiger partial charge in [0, 0.05) is 29.7 Å². The monoisotopic (exact) mass is 384 g/mol. The van der Waals surface area contributed by atoms with E-state index in [9.17, 15) is 0 Å². The number of benzene rings is 2. The van der Waals surface area contributed by atoms with E-state index in [0.717, 1.165) is 41.4 Å². The van der Waals surface area contributed by atoms with Gasteiger partial charge in [-0.15, -0.1) is 0 Å². The Labute approximate surface area is 163 Å². The molecule has 0 fully saturated rings. The number of hydrogen-bond acceptors (Lipinski definition) is 6. The minimum atomic E-state index is 0.206. The Hall–Kier alpha value is -2.99. The molecular formula is C20H21ClN4O2. The number of halogens is 1. The smallest absolute Gasteiger partial charge is 0.224 e. The van der Waals surface area contributed by atoms with Crippen molar-refractivity contribution in [3.8, 4) is 11.5 Å². The van der Waals surface area contributed by atoms with Crippen LogP contribution in [0.4, 0.5) is 17.2 Å². The molecule has 3 aromatic rings. The van der Waals surface area contributed by atoms with Crippen LogP contribution in [0.3, 0.4) is 0 Å². The van der Waals surface area contributed by atoms with E-state index in [2.05, 4.69) is 20.6 Å². The zero-order valence-electron chi connectivity index (χ0n) is 15.2. The van der Waals surface area contributed by atoms with Gasteiger partial charge in [0.2, 0.25) is 5.28 Å². The normalized spacial score (nSPS) is 10.3. The van der Waals surface area contributed by atoms with Gasteiger partial charge in [0.05, 0.1) is 14.2 Å². The number of ether oxygens (including phenoxy) is 2. The van der Waals surface area contributed by atoms with Crippen molar-refractivity contribution < 1.29 is 9.47 Å². The van der Waals surface area contributed by atoms with Gasteiger partial charge in [-0.25, -0.2) is 9.97 Å². The van der Waals surface area contributed by atoms with Gasteiger partial charge >= 0.3 is 0 Å². The Morgan fingerprint density at radius 3 is 2.07 bits per heavy atom. The Kier molecular flexibility index (Phi) is 6.33. The summed E-state index contributed by atoms with van der Waals surface area (Å²) in [5.41, 5.74) is 2.89. The number of nitrogens with one attached hydrogen (secondary N) is 2. The number of rotatable bonds is 8. The van der Waals surface area contributed by atoms with E-state index in [4.69, 9.17) is 21.1 Å². The lowest BCUT2D eigenvalue weighted by Gasteiger charge is -2.12. The van der Waals surface area contributed by atoms with Crippen LogP contribution in [0.2, 0.25) is 5.28 Å². The maximum atomic E-state index is 5.98. The van der Waals surface area contributed by atoms with Crippen molar-refractivity contribution >= 4 is 28.8 Å². The van der Waals surface area contributed by atoms with E-state index in [1.807, 2.05) is 48.5 Å². The first-order chi connectivity index (χ1) is 13.2. The van der Waals surface area contributed by atoms with Crippen molar-refractivity contribution in [1.82, 2.24) is 9.97 Å². The summed E-state index contributed by atoms with van der Waals surface area (Å²) in [6.07, 6.45) is 2.48. The van der Waals surface area contributed by atoms with Crippen molar-refractivity contribution in [2.75, 3.05) is 31.4 Å². The molecule has 2 N–H and O–H groups in total. The molecule has 0 aliphatic carbocycles. The van der Waals surface area contributed by atoms with Gasteiger partial charge in [0.1, 0.15) is 17.3 Å². The van der Waals surface area contributed by atoms with Crippen LogP contribution < -0.4 is 20.1 Å². The molecule has 3 rings (SSSR count). The molecule has 1 heterocycles. The molecule has 0 atom stereocenters. The second-order valence-corrected chi connectivity index (χ2v) is 6.11. The number of anilines is 3. The highest BCUT2D eigenvalue weighted by Gasteiger charge is 2.07. The fraction of sp³-hybridized carbons (Fsp3) is 0.200. The summed E-state index contributed by atoms with van der Waals surface area (Å²) in [6.45, 7) is 0.731. The van der Waals surface area contributed by atoms with Crippen molar-refractivity contribution in [3.63, 3.8) is 0 Å². The van der Waals surface area contributed by atoms with E-state index >= 15 is 0 Å². The molecule has 1 aromatic heterocycles. The van der Waals surface area contributed by atoms with Gasteiger partial charge in [-0.2, -0.15) is 0 Å². The minimum absolute atomic E-state index is 0.206. The topological polar surface area (TPSA) is 68.3 Å². The minimum Gasteiger partial charge on any atom is -0.497 e. The largest absolute Gasteiger partial charge is 0.497 e. The van der Waals surface area contributed by atoms with E-state index in [0.29, 0.717) is 5.82 Å². The zero-order chi connectivity index (χ0) is 19.1. The Balaban J connectivity index is 1.65. The molecule has 140 valence electrons. The van der Waals surface area contributed by atoms with E-state index in [-0.39, 0.29) is 5.28 Å². The molecule has 0 radical (unpaired) electrons. The molecule has 6 nitrogen and oxygen atoms in total. The molecule has 0 spiro atoms. The lowest BCUT2D eigenvalue weighted by atomic mass is 10.2. The fourth-order valence-corrected chi connectivity index (χ4v) is 2.67. The molecule has 0 aliphatic heterocycles. The van der Waals surface area contributed by atoms with Crippen LogP contribution in [-0.2, 0) is 6.42 Å². The van der Waals surface area contributed by atoms with Crippen LogP contribution in [0, 0.1) is 0 Å². The number of aromatic nitrogens is 2. The SMILES string of the molecule is COc1ccc(NCCc2cnc(Cl)nc2Nc2ccc(OC)cc2)cc1. The van der Waals surface area contributed by atoms with Crippen LogP contribution in [0.5, 0.6) is 11.5 Å². The van der Waals surface area contributed by atoms with Crippen molar-refractivity contribution in [1.29, 1.82) is 0 Å². The van der Waals surface area contributed by atoms with Gasteiger partial charge in [0.15, 0.2) is 0 Å². The third kappa shape index (κ3) is 5.24. The van der Waals surface area contributed by atoms with E-state index in [1.165, 1.54) is 0 Å². The first-order valence-electron chi connectivity index (χ1n) is 8.48. The number of methoxy groups -OCH3 is 2. The van der Waals surface area contributed by atoms with E-state index < -0.39 is 0 Å². The predicted molar refractivity (Wildman–Crippen MR) is 109 cm³/mol. The molecule has 0 saturated heterocycles. The zero-order valence-corrected chi connectivity index (χ0v) is 16.0. The summed E-state index contributed by atoms with van der Waals surface area (Å²) in [4.78, 5) is 8.43. The molecule has 0 unspecified atom stereocenters. The Morgan fingerprint density at radius 1 is 0.889 bits per heavy atom. The highest BCUT2D eigenvalue weighted by atomic mass is 35.5. The summed E-state index contributed by atoms with van der Waals surface area (Å²) in [6, 6.07) is 15.4. The first kappa shape index (κ1) is 18.8. The van der Waals surface area contributed by atoms with Gasteiger partial charge in [-0.05, 0) is 66.6 Å². The van der Waals surface area contributed by atoms with Crippen LogP contribution in [0.25, 0.3) is 0 Å². The molecule has 0 amide bonds. The molecule has 0 bridgehead atoms. The Morgan fingerprint density at radius 2 is 1.48 bits per heavy atom. The van der Waals surface area contributed by atoms with Gasteiger partial charge in [-0.3, -0.25) is 0 Å². The molecule has 0 aliphatic rings. The molecule has 2 aromatic carbocycles. The number of nitrogens with zero attached hydrogens (tertiary/aromatic N) is 2. The van der Waals surface area contributed by atoms with Gasteiger partial charge in [0.25, 0.3) is 0 Å². The average molecular weight is 385 g/mol. The van der Waals surface area contributed by atoms with Crippen LogP contribution in [-0.4, -0.2) is 30.7 Å². The highest BCUT2D eigenvalue weighted by Crippen LogP contribution is 2.23. The van der Waals surface area contributed by atoms with Crippen LogP contribution in [0.15, 0.2) is 54.7 Å². The summed E-state index contributed by atoms with van der Waals surface area (Å²) in [5.74, 6) is 2.32. The average Bonchev–Trinajstić information content (AvgIpc) is 2.71. The summed E-state index contributed by atoms with van der Waals surface area (Å²) in [7, 11) is 3.29. The lowest BCUT2D eigenvalue weighted by Crippen LogP contribution is -2.08. The predicted octanol–water partition coefficient (Wildman–Crippen LogP) is 4.55. The lowest BCUT2D eigenvalue weighted by molar-refractivity contribution is 0.415. The number of hydrogen-bond donors (Lipinski definition) is 2. The maximum Gasteiger partial charge on any atom is 0.224 e. The summed E-state index contributed by atoms with van der Waals surface area (Å²) < 4.78 is 10.3.